The molecular weight excluding hydrogens is 254 g/mol. The van der Waals surface area contributed by atoms with E-state index in [2.05, 4.69) is 11.9 Å². The van der Waals surface area contributed by atoms with Gasteiger partial charge in [-0.15, -0.1) is 22.9 Å². The Morgan fingerprint density at radius 1 is 1.35 bits per heavy atom. The molecule has 0 radical (unpaired) electrons. The van der Waals surface area contributed by atoms with Crippen LogP contribution in [-0.4, -0.2) is 11.6 Å². The molecule has 2 rings (SSSR count). The summed E-state index contributed by atoms with van der Waals surface area (Å²) in [6.07, 6.45) is 9.25. The molecule has 17 heavy (non-hydrogen) atoms. The lowest BCUT2D eigenvalue weighted by Crippen LogP contribution is -2.29. The molecule has 4 heteroatoms. The van der Waals surface area contributed by atoms with Crippen molar-refractivity contribution in [1.82, 2.24) is 4.98 Å². The Morgan fingerprint density at radius 2 is 2.06 bits per heavy atom. The van der Waals surface area contributed by atoms with Gasteiger partial charge >= 0.3 is 0 Å². The molecule has 1 heterocycles. The number of aromatic nitrogens is 1. The fourth-order valence-electron chi connectivity index (χ4n) is 2.58. The van der Waals surface area contributed by atoms with Crippen LogP contribution in [0.5, 0.6) is 0 Å². The van der Waals surface area contributed by atoms with E-state index in [1.807, 2.05) is 6.20 Å². The third kappa shape index (κ3) is 3.01. The maximum atomic E-state index is 6.10. The van der Waals surface area contributed by atoms with Crippen LogP contribution in [0.1, 0.15) is 55.3 Å². The Labute approximate surface area is 112 Å². The van der Waals surface area contributed by atoms with Crippen molar-refractivity contribution in [2.75, 3.05) is 6.61 Å². The molecule has 0 spiro atoms. The van der Waals surface area contributed by atoms with Crippen LogP contribution in [0.25, 0.3) is 0 Å². The van der Waals surface area contributed by atoms with Gasteiger partial charge in [-0.05, 0) is 19.8 Å². The van der Waals surface area contributed by atoms with Crippen molar-refractivity contribution < 1.29 is 4.74 Å². The molecule has 1 aliphatic rings. The highest BCUT2D eigenvalue weighted by molar-refractivity contribution is 7.11. The lowest BCUT2D eigenvalue weighted by molar-refractivity contribution is -0.0559. The quantitative estimate of drug-likeness (QED) is 0.597. The van der Waals surface area contributed by atoms with Crippen LogP contribution in [0.15, 0.2) is 6.20 Å². The molecule has 96 valence electrons. The Balaban J connectivity index is 2.24. The van der Waals surface area contributed by atoms with Gasteiger partial charge in [0, 0.05) is 17.7 Å². The van der Waals surface area contributed by atoms with E-state index in [4.69, 9.17) is 16.3 Å². The van der Waals surface area contributed by atoms with E-state index in [0.29, 0.717) is 5.88 Å². The number of rotatable bonds is 4. The normalized spacial score (nSPS) is 20.1. The number of halogens is 1. The van der Waals surface area contributed by atoms with Crippen LogP contribution in [0.4, 0.5) is 0 Å². The van der Waals surface area contributed by atoms with Gasteiger partial charge in [0.1, 0.15) is 10.6 Å². The second-order valence-electron chi connectivity index (χ2n) is 4.61. The first-order valence-corrected chi connectivity index (χ1v) is 7.81. The topological polar surface area (TPSA) is 22.1 Å². The first-order valence-electron chi connectivity index (χ1n) is 6.46. The summed E-state index contributed by atoms with van der Waals surface area (Å²) < 4.78 is 6.10. The zero-order valence-electron chi connectivity index (χ0n) is 10.4. The smallest absolute Gasteiger partial charge is 0.125 e. The maximum absolute atomic E-state index is 6.10. The molecular formula is C13H20ClNOS. The van der Waals surface area contributed by atoms with E-state index in [1.165, 1.54) is 25.7 Å². The third-order valence-corrected chi connectivity index (χ3v) is 5.04. The lowest BCUT2D eigenvalue weighted by atomic mass is 9.95. The lowest BCUT2D eigenvalue weighted by Gasteiger charge is -2.30. The van der Waals surface area contributed by atoms with Crippen molar-refractivity contribution >= 4 is 22.9 Å². The van der Waals surface area contributed by atoms with Gasteiger partial charge < -0.3 is 4.74 Å². The highest BCUT2D eigenvalue weighted by Crippen LogP contribution is 2.41. The van der Waals surface area contributed by atoms with E-state index in [9.17, 15) is 0 Å². The summed E-state index contributed by atoms with van der Waals surface area (Å²) in [5.74, 6) is 0.555. The van der Waals surface area contributed by atoms with Crippen LogP contribution < -0.4 is 0 Å². The maximum Gasteiger partial charge on any atom is 0.125 e. The summed E-state index contributed by atoms with van der Waals surface area (Å²) in [5.41, 5.74) is -0.125. The molecule has 0 bridgehead atoms. The van der Waals surface area contributed by atoms with Gasteiger partial charge in [0.05, 0.1) is 5.88 Å². The first-order chi connectivity index (χ1) is 8.30. The van der Waals surface area contributed by atoms with Gasteiger partial charge in [0.2, 0.25) is 0 Å². The third-order valence-electron chi connectivity index (χ3n) is 3.41. The second-order valence-corrected chi connectivity index (χ2v) is 5.99. The average Bonchev–Trinajstić information content (AvgIpc) is 2.71. The predicted octanol–water partition coefficient (Wildman–Crippen LogP) is 4.47. The van der Waals surface area contributed by atoms with Crippen molar-refractivity contribution in [1.29, 1.82) is 0 Å². The SMILES string of the molecule is CCOC1(c2ncc(CCl)s2)CCCCCC1. The van der Waals surface area contributed by atoms with Gasteiger partial charge in [0.15, 0.2) is 0 Å². The highest BCUT2D eigenvalue weighted by Gasteiger charge is 2.36. The minimum atomic E-state index is -0.125. The van der Waals surface area contributed by atoms with E-state index in [-0.39, 0.29) is 5.60 Å². The molecule has 0 saturated heterocycles. The molecule has 2 nitrogen and oxygen atoms in total. The van der Waals surface area contributed by atoms with Crippen molar-refractivity contribution in [3.05, 3.63) is 16.1 Å². The molecule has 0 atom stereocenters. The largest absolute Gasteiger partial charge is 0.368 e. The van der Waals surface area contributed by atoms with Crippen molar-refractivity contribution in [3.8, 4) is 0 Å². The zero-order valence-corrected chi connectivity index (χ0v) is 11.9. The van der Waals surface area contributed by atoms with E-state index in [1.54, 1.807) is 11.3 Å². The predicted molar refractivity (Wildman–Crippen MR) is 72.7 cm³/mol. The number of nitrogens with zero attached hydrogens (tertiary/aromatic N) is 1. The second kappa shape index (κ2) is 6.17. The van der Waals surface area contributed by atoms with Crippen LogP contribution in [0.2, 0.25) is 0 Å². The molecule has 0 N–H and O–H groups in total. The molecule has 0 amide bonds. The van der Waals surface area contributed by atoms with Gasteiger partial charge in [0.25, 0.3) is 0 Å². The van der Waals surface area contributed by atoms with Gasteiger partial charge in [-0.1, -0.05) is 25.7 Å². The Morgan fingerprint density at radius 3 is 2.59 bits per heavy atom. The summed E-state index contributed by atoms with van der Waals surface area (Å²) in [5, 5.41) is 1.14. The first kappa shape index (κ1) is 13.3. The van der Waals surface area contributed by atoms with Crippen LogP contribution in [0.3, 0.4) is 0 Å². The number of hydrogen-bond donors (Lipinski definition) is 0. The number of hydrogen-bond acceptors (Lipinski definition) is 3. The molecule has 1 saturated carbocycles. The average molecular weight is 274 g/mol. The Kier molecular flexibility index (Phi) is 4.83. The summed E-state index contributed by atoms with van der Waals surface area (Å²) >= 11 is 7.58. The summed E-state index contributed by atoms with van der Waals surface area (Å²) in [6, 6.07) is 0. The molecule has 0 aromatic carbocycles. The van der Waals surface area contributed by atoms with Crippen LogP contribution >= 0.6 is 22.9 Å². The van der Waals surface area contributed by atoms with E-state index < -0.39 is 0 Å². The fourth-order valence-corrected chi connectivity index (χ4v) is 3.77. The van der Waals surface area contributed by atoms with Gasteiger partial charge in [-0.2, -0.15) is 0 Å². The number of ether oxygens (including phenoxy) is 1. The zero-order chi connectivity index (χ0) is 12.1. The standard InChI is InChI=1S/C13H20ClNOS/c1-2-16-13(7-5-3-4-6-8-13)12-15-10-11(9-14)17-12/h10H,2-9H2,1H3. The van der Waals surface area contributed by atoms with Crippen molar-refractivity contribution in [3.63, 3.8) is 0 Å². The van der Waals surface area contributed by atoms with Crippen LogP contribution in [-0.2, 0) is 16.2 Å². The summed E-state index contributed by atoms with van der Waals surface area (Å²) in [4.78, 5) is 5.70. The minimum Gasteiger partial charge on any atom is -0.368 e. The van der Waals surface area contributed by atoms with Crippen LogP contribution in [0, 0.1) is 0 Å². The van der Waals surface area contributed by atoms with E-state index >= 15 is 0 Å². The fraction of sp³-hybridized carbons (Fsp3) is 0.769. The molecule has 1 aliphatic carbocycles. The number of alkyl halides is 1. The van der Waals surface area contributed by atoms with Gasteiger partial charge in [-0.3, -0.25) is 0 Å². The molecule has 1 aromatic heterocycles. The Hall–Kier alpha value is -0.120. The highest BCUT2D eigenvalue weighted by atomic mass is 35.5. The molecule has 1 fully saturated rings. The Bertz CT molecular complexity index is 345. The number of thiazole rings is 1. The molecule has 1 aromatic rings. The minimum absolute atomic E-state index is 0.125. The molecule has 0 unspecified atom stereocenters. The monoisotopic (exact) mass is 273 g/mol. The van der Waals surface area contributed by atoms with Crippen molar-refractivity contribution in [2.45, 2.75) is 56.9 Å². The van der Waals surface area contributed by atoms with Gasteiger partial charge in [-0.25, -0.2) is 4.98 Å². The van der Waals surface area contributed by atoms with Crippen molar-refractivity contribution in [2.24, 2.45) is 0 Å². The summed E-state index contributed by atoms with van der Waals surface area (Å²) in [7, 11) is 0. The molecule has 0 aliphatic heterocycles. The summed E-state index contributed by atoms with van der Waals surface area (Å²) in [6.45, 7) is 2.83. The van der Waals surface area contributed by atoms with E-state index in [0.717, 1.165) is 29.3 Å².